The van der Waals surface area contributed by atoms with Gasteiger partial charge in [0, 0.05) is 24.6 Å². The lowest BCUT2D eigenvalue weighted by Crippen LogP contribution is -2.27. The lowest BCUT2D eigenvalue weighted by molar-refractivity contribution is 0.785. The minimum absolute atomic E-state index is 0.598. The number of aromatic nitrogens is 2. The van der Waals surface area contributed by atoms with Gasteiger partial charge in [-0.25, -0.2) is 9.97 Å². The maximum atomic E-state index is 6.15. The van der Waals surface area contributed by atoms with Gasteiger partial charge >= 0.3 is 0 Å². The Morgan fingerprint density at radius 2 is 2.00 bits per heavy atom. The van der Waals surface area contributed by atoms with Crippen LogP contribution in [0.5, 0.6) is 0 Å². The highest BCUT2D eigenvalue weighted by atomic mass is 35.5. The third-order valence-electron chi connectivity index (χ3n) is 3.02. The van der Waals surface area contributed by atoms with Crippen molar-refractivity contribution < 1.29 is 0 Å². The Kier molecular flexibility index (Phi) is 3.33. The number of hydrogen-bond donors (Lipinski definition) is 0. The Morgan fingerprint density at radius 1 is 1.31 bits per heavy atom. The second-order valence-corrected chi connectivity index (χ2v) is 4.61. The maximum Gasteiger partial charge on any atom is 0.137 e. The monoisotopic (exact) mass is 239 g/mol. The molecule has 1 aliphatic carbocycles. The van der Waals surface area contributed by atoms with Crippen LogP contribution in [-0.4, -0.2) is 22.6 Å². The number of nitrogens with zero attached hydrogens (tertiary/aromatic N) is 3. The van der Waals surface area contributed by atoms with E-state index in [1.807, 2.05) is 6.92 Å². The van der Waals surface area contributed by atoms with Crippen LogP contribution in [0.3, 0.4) is 0 Å². The molecule has 88 valence electrons. The minimum Gasteiger partial charge on any atom is -0.354 e. The molecule has 0 bridgehead atoms. The zero-order chi connectivity index (χ0) is 11.7. The Labute approximate surface area is 102 Å². The highest BCUT2D eigenvalue weighted by Gasteiger charge is 2.30. The van der Waals surface area contributed by atoms with Gasteiger partial charge in [-0.2, -0.15) is 0 Å². The molecule has 1 saturated carbocycles. The molecule has 0 amide bonds. The molecule has 0 atom stereocenters. The van der Waals surface area contributed by atoms with E-state index >= 15 is 0 Å². The summed E-state index contributed by atoms with van der Waals surface area (Å²) in [4.78, 5) is 11.2. The summed E-state index contributed by atoms with van der Waals surface area (Å²) in [5.41, 5.74) is 1.01. The van der Waals surface area contributed by atoms with Crippen molar-refractivity contribution in [2.45, 2.75) is 46.1 Å². The normalized spacial score (nSPS) is 15.2. The molecular weight excluding hydrogens is 222 g/mol. The van der Waals surface area contributed by atoms with Crippen molar-refractivity contribution in [1.82, 2.24) is 9.97 Å². The molecule has 0 aliphatic heterocycles. The van der Waals surface area contributed by atoms with Crippen LogP contribution in [0.25, 0.3) is 0 Å². The van der Waals surface area contributed by atoms with Gasteiger partial charge in [0.2, 0.25) is 0 Å². The fraction of sp³-hybridized carbons (Fsp3) is 0.667. The molecule has 16 heavy (non-hydrogen) atoms. The standard InChI is InChI=1S/C12H18ClN3/c1-4-10-14-11(13)8(3)12(15-10)16(5-2)9-6-7-9/h9H,4-7H2,1-3H3. The van der Waals surface area contributed by atoms with E-state index in [-0.39, 0.29) is 0 Å². The van der Waals surface area contributed by atoms with Crippen LogP contribution in [-0.2, 0) is 6.42 Å². The summed E-state index contributed by atoms with van der Waals surface area (Å²) in [6.07, 6.45) is 3.38. The van der Waals surface area contributed by atoms with Gasteiger partial charge in [0.25, 0.3) is 0 Å². The second-order valence-electron chi connectivity index (χ2n) is 4.25. The van der Waals surface area contributed by atoms with Crippen LogP contribution < -0.4 is 4.90 Å². The molecule has 1 aromatic heterocycles. The Bertz CT molecular complexity index is 388. The van der Waals surface area contributed by atoms with Gasteiger partial charge in [-0.3, -0.25) is 0 Å². The fourth-order valence-electron chi connectivity index (χ4n) is 1.93. The van der Waals surface area contributed by atoms with Crippen molar-refractivity contribution >= 4 is 17.4 Å². The molecular formula is C12H18ClN3. The zero-order valence-corrected chi connectivity index (χ0v) is 10.9. The molecule has 2 rings (SSSR count). The molecule has 1 aromatic rings. The summed E-state index contributed by atoms with van der Waals surface area (Å²) < 4.78 is 0. The number of aryl methyl sites for hydroxylation is 1. The van der Waals surface area contributed by atoms with Gasteiger partial charge in [-0.1, -0.05) is 18.5 Å². The van der Waals surface area contributed by atoms with Crippen LogP contribution >= 0.6 is 11.6 Å². The summed E-state index contributed by atoms with van der Waals surface area (Å²) >= 11 is 6.15. The first-order chi connectivity index (χ1) is 7.67. The summed E-state index contributed by atoms with van der Waals surface area (Å²) in [6.45, 7) is 7.21. The third kappa shape index (κ3) is 2.14. The van der Waals surface area contributed by atoms with Crippen LogP contribution in [0.2, 0.25) is 5.15 Å². The van der Waals surface area contributed by atoms with E-state index in [4.69, 9.17) is 11.6 Å². The molecule has 3 nitrogen and oxygen atoms in total. The molecule has 0 radical (unpaired) electrons. The molecule has 0 saturated heterocycles. The Balaban J connectivity index is 2.40. The highest BCUT2D eigenvalue weighted by Crippen LogP contribution is 2.33. The van der Waals surface area contributed by atoms with Gasteiger partial charge < -0.3 is 4.90 Å². The lowest BCUT2D eigenvalue weighted by Gasteiger charge is -2.24. The fourth-order valence-corrected chi connectivity index (χ4v) is 2.11. The number of anilines is 1. The van der Waals surface area contributed by atoms with Gasteiger partial charge in [-0.15, -0.1) is 0 Å². The largest absolute Gasteiger partial charge is 0.354 e. The van der Waals surface area contributed by atoms with Gasteiger partial charge in [0.15, 0.2) is 0 Å². The highest BCUT2D eigenvalue weighted by molar-refractivity contribution is 6.30. The molecule has 1 fully saturated rings. The smallest absolute Gasteiger partial charge is 0.137 e. The van der Waals surface area contributed by atoms with Crippen LogP contribution in [0.1, 0.15) is 38.1 Å². The molecule has 1 aliphatic rings. The summed E-state index contributed by atoms with van der Waals surface area (Å²) in [5, 5.41) is 0.598. The molecule has 0 unspecified atom stereocenters. The second kappa shape index (κ2) is 4.58. The lowest BCUT2D eigenvalue weighted by atomic mass is 10.3. The number of rotatable bonds is 4. The first kappa shape index (κ1) is 11.6. The number of hydrogen-bond acceptors (Lipinski definition) is 3. The van der Waals surface area contributed by atoms with Crippen molar-refractivity contribution in [1.29, 1.82) is 0 Å². The molecule has 0 N–H and O–H groups in total. The van der Waals surface area contributed by atoms with Crippen molar-refractivity contribution in [3.63, 3.8) is 0 Å². The average Bonchev–Trinajstić information content (AvgIpc) is 3.09. The molecule has 0 spiro atoms. The van der Waals surface area contributed by atoms with E-state index in [9.17, 15) is 0 Å². The molecule has 4 heteroatoms. The maximum absolute atomic E-state index is 6.15. The predicted molar refractivity (Wildman–Crippen MR) is 67.2 cm³/mol. The van der Waals surface area contributed by atoms with Crippen molar-refractivity contribution in [3.8, 4) is 0 Å². The van der Waals surface area contributed by atoms with E-state index in [0.29, 0.717) is 11.2 Å². The van der Waals surface area contributed by atoms with Crippen LogP contribution in [0.15, 0.2) is 0 Å². The van der Waals surface area contributed by atoms with Crippen LogP contribution in [0.4, 0.5) is 5.82 Å². The van der Waals surface area contributed by atoms with Crippen LogP contribution in [0, 0.1) is 6.92 Å². The zero-order valence-electron chi connectivity index (χ0n) is 10.1. The quantitative estimate of drug-likeness (QED) is 0.757. The predicted octanol–water partition coefficient (Wildman–Crippen LogP) is 2.99. The van der Waals surface area contributed by atoms with E-state index in [1.54, 1.807) is 0 Å². The topological polar surface area (TPSA) is 29.0 Å². The van der Waals surface area contributed by atoms with E-state index in [2.05, 4.69) is 28.7 Å². The van der Waals surface area contributed by atoms with Crippen molar-refractivity contribution in [3.05, 3.63) is 16.5 Å². The van der Waals surface area contributed by atoms with Gasteiger partial charge in [0.05, 0.1) is 0 Å². The summed E-state index contributed by atoms with van der Waals surface area (Å²) in [6, 6.07) is 0.666. The summed E-state index contributed by atoms with van der Waals surface area (Å²) in [5.74, 6) is 1.87. The molecule has 0 aromatic carbocycles. The van der Waals surface area contributed by atoms with Crippen molar-refractivity contribution in [2.75, 3.05) is 11.4 Å². The van der Waals surface area contributed by atoms with Crippen molar-refractivity contribution in [2.24, 2.45) is 0 Å². The SMILES string of the molecule is CCc1nc(Cl)c(C)c(N(CC)C2CC2)n1. The first-order valence-corrected chi connectivity index (χ1v) is 6.34. The summed E-state index contributed by atoms with van der Waals surface area (Å²) in [7, 11) is 0. The average molecular weight is 240 g/mol. The molecule has 1 heterocycles. The van der Waals surface area contributed by atoms with E-state index in [0.717, 1.165) is 30.2 Å². The van der Waals surface area contributed by atoms with Gasteiger partial charge in [-0.05, 0) is 26.7 Å². The van der Waals surface area contributed by atoms with Gasteiger partial charge in [0.1, 0.15) is 16.8 Å². The third-order valence-corrected chi connectivity index (χ3v) is 3.39. The first-order valence-electron chi connectivity index (χ1n) is 5.97. The Hall–Kier alpha value is -0.830. The Morgan fingerprint density at radius 3 is 2.50 bits per heavy atom. The van der Waals surface area contributed by atoms with E-state index < -0.39 is 0 Å². The minimum atomic E-state index is 0.598. The van der Waals surface area contributed by atoms with E-state index in [1.165, 1.54) is 12.8 Å². The number of halogens is 1.